The lowest BCUT2D eigenvalue weighted by atomic mass is 10.1. The molecule has 4 heteroatoms. The first-order valence-corrected chi connectivity index (χ1v) is 6.88. The van der Waals surface area contributed by atoms with Crippen LogP contribution in [0.5, 0.6) is 11.5 Å². The zero-order valence-electron chi connectivity index (χ0n) is 12.2. The number of para-hydroxylation sites is 1. The number of rotatable bonds is 6. The molecule has 112 valence electrons. The van der Waals surface area contributed by atoms with Gasteiger partial charge in [-0.1, -0.05) is 31.2 Å². The number of benzene rings is 2. The number of hydrogen-bond donors (Lipinski definition) is 1. The van der Waals surface area contributed by atoms with Gasteiger partial charge in [0.2, 0.25) is 0 Å². The fourth-order valence-electron chi connectivity index (χ4n) is 2.07. The lowest BCUT2D eigenvalue weighted by molar-refractivity contribution is 0.166. The third-order valence-corrected chi connectivity index (χ3v) is 3.28. The first kappa shape index (κ1) is 15.3. The fourth-order valence-corrected chi connectivity index (χ4v) is 2.07. The summed E-state index contributed by atoms with van der Waals surface area (Å²) in [5.41, 5.74) is 1.45. The van der Waals surface area contributed by atoms with Crippen LogP contribution in [0, 0.1) is 5.82 Å². The third kappa shape index (κ3) is 3.73. The molecule has 0 radical (unpaired) electrons. The first-order valence-electron chi connectivity index (χ1n) is 6.88. The van der Waals surface area contributed by atoms with Gasteiger partial charge in [-0.3, -0.25) is 0 Å². The Hall–Kier alpha value is -2.07. The quantitative estimate of drug-likeness (QED) is 0.878. The van der Waals surface area contributed by atoms with Gasteiger partial charge in [-0.05, 0) is 30.2 Å². The molecule has 2 aromatic carbocycles. The molecule has 0 aromatic heterocycles. The fraction of sp³-hybridized carbons (Fsp3) is 0.294. The highest BCUT2D eigenvalue weighted by atomic mass is 19.1. The van der Waals surface area contributed by atoms with Gasteiger partial charge in [0.05, 0.1) is 13.2 Å². The van der Waals surface area contributed by atoms with Crippen molar-refractivity contribution in [3.8, 4) is 11.5 Å². The Balaban J connectivity index is 2.11. The van der Waals surface area contributed by atoms with Crippen LogP contribution in [0.15, 0.2) is 42.5 Å². The summed E-state index contributed by atoms with van der Waals surface area (Å²) in [5, 5.41) is 9.96. The Bertz CT molecular complexity index is 598. The summed E-state index contributed by atoms with van der Waals surface area (Å²) in [4.78, 5) is 0. The molecule has 0 spiro atoms. The molecule has 3 nitrogen and oxygen atoms in total. The van der Waals surface area contributed by atoms with Crippen LogP contribution < -0.4 is 9.47 Å². The summed E-state index contributed by atoms with van der Waals surface area (Å²) < 4.78 is 24.2. The molecular formula is C17H19FO3. The second-order valence-electron chi connectivity index (χ2n) is 4.72. The standard InChI is InChI=1S/C17H19FO3/c1-3-15(19)13-6-4-5-7-16(13)21-11-12-8-9-17(20-2)14(18)10-12/h4-10,15,19H,3,11H2,1-2H3/t15-/m0/s1. The molecule has 0 aliphatic rings. The number of halogens is 1. The van der Waals surface area contributed by atoms with E-state index in [9.17, 15) is 9.50 Å². The van der Waals surface area contributed by atoms with Crippen molar-refractivity contribution >= 4 is 0 Å². The minimum Gasteiger partial charge on any atom is -0.494 e. The molecule has 0 saturated heterocycles. The molecule has 1 N–H and O–H groups in total. The molecule has 2 rings (SSSR count). The number of ether oxygens (including phenoxy) is 2. The Morgan fingerprint density at radius 1 is 1.14 bits per heavy atom. The van der Waals surface area contributed by atoms with Gasteiger partial charge in [0.1, 0.15) is 12.4 Å². The predicted molar refractivity (Wildman–Crippen MR) is 79.0 cm³/mol. The van der Waals surface area contributed by atoms with Crippen molar-refractivity contribution in [2.45, 2.75) is 26.1 Å². The Labute approximate surface area is 124 Å². The van der Waals surface area contributed by atoms with Crippen LogP contribution in [-0.4, -0.2) is 12.2 Å². The van der Waals surface area contributed by atoms with Crippen LogP contribution in [0.4, 0.5) is 4.39 Å². The summed E-state index contributed by atoms with van der Waals surface area (Å²) >= 11 is 0. The largest absolute Gasteiger partial charge is 0.494 e. The SMILES string of the molecule is CC[C@H](O)c1ccccc1OCc1ccc(OC)c(F)c1. The van der Waals surface area contributed by atoms with Crippen LogP contribution in [0.25, 0.3) is 0 Å². The maximum absolute atomic E-state index is 13.6. The van der Waals surface area contributed by atoms with E-state index in [2.05, 4.69) is 0 Å². The highest BCUT2D eigenvalue weighted by molar-refractivity contribution is 5.35. The molecule has 0 fully saturated rings. The van der Waals surface area contributed by atoms with Crippen molar-refractivity contribution in [3.63, 3.8) is 0 Å². The van der Waals surface area contributed by atoms with Crippen molar-refractivity contribution in [3.05, 3.63) is 59.4 Å². The van der Waals surface area contributed by atoms with E-state index in [4.69, 9.17) is 9.47 Å². The van der Waals surface area contributed by atoms with Crippen LogP contribution in [0.2, 0.25) is 0 Å². The molecule has 0 saturated carbocycles. The lowest BCUT2D eigenvalue weighted by Crippen LogP contribution is -2.02. The van der Waals surface area contributed by atoms with E-state index < -0.39 is 11.9 Å². The van der Waals surface area contributed by atoms with Gasteiger partial charge in [-0.2, -0.15) is 0 Å². The third-order valence-electron chi connectivity index (χ3n) is 3.28. The molecule has 0 heterocycles. The molecule has 0 unspecified atom stereocenters. The Morgan fingerprint density at radius 3 is 2.57 bits per heavy atom. The number of aliphatic hydroxyl groups excluding tert-OH is 1. The van der Waals surface area contributed by atoms with Crippen LogP contribution in [-0.2, 0) is 6.61 Å². The number of aliphatic hydroxyl groups is 1. The van der Waals surface area contributed by atoms with Gasteiger partial charge in [-0.25, -0.2) is 4.39 Å². The van der Waals surface area contributed by atoms with Gasteiger partial charge < -0.3 is 14.6 Å². The monoisotopic (exact) mass is 290 g/mol. The summed E-state index contributed by atoms with van der Waals surface area (Å²) in [6.07, 6.45) is 0.0474. The number of hydrogen-bond acceptors (Lipinski definition) is 3. The normalized spacial score (nSPS) is 12.0. The molecular weight excluding hydrogens is 271 g/mol. The van der Waals surface area contributed by atoms with Crippen molar-refractivity contribution in [1.29, 1.82) is 0 Å². The summed E-state index contributed by atoms with van der Waals surface area (Å²) in [6.45, 7) is 2.13. The van der Waals surface area contributed by atoms with Gasteiger partial charge >= 0.3 is 0 Å². The summed E-state index contributed by atoms with van der Waals surface area (Å²) in [6, 6.07) is 12.0. The Morgan fingerprint density at radius 2 is 1.90 bits per heavy atom. The highest BCUT2D eigenvalue weighted by Crippen LogP contribution is 2.28. The van der Waals surface area contributed by atoms with E-state index in [0.717, 1.165) is 5.56 Å². The van der Waals surface area contributed by atoms with E-state index in [1.807, 2.05) is 25.1 Å². The van der Waals surface area contributed by atoms with Gasteiger partial charge in [-0.15, -0.1) is 0 Å². The molecule has 21 heavy (non-hydrogen) atoms. The van der Waals surface area contributed by atoms with Crippen molar-refractivity contribution in [2.24, 2.45) is 0 Å². The maximum Gasteiger partial charge on any atom is 0.165 e. The topological polar surface area (TPSA) is 38.7 Å². The van der Waals surface area contributed by atoms with E-state index >= 15 is 0 Å². The smallest absolute Gasteiger partial charge is 0.165 e. The lowest BCUT2D eigenvalue weighted by Gasteiger charge is -2.15. The molecule has 1 atom stereocenters. The zero-order valence-corrected chi connectivity index (χ0v) is 12.2. The Kier molecular flexibility index (Phi) is 5.17. The average Bonchev–Trinajstić information content (AvgIpc) is 2.52. The van der Waals surface area contributed by atoms with E-state index in [1.165, 1.54) is 13.2 Å². The maximum atomic E-state index is 13.6. The van der Waals surface area contributed by atoms with Gasteiger partial charge in [0.25, 0.3) is 0 Å². The van der Waals surface area contributed by atoms with Gasteiger partial charge in [0, 0.05) is 5.56 Å². The summed E-state index contributed by atoms with van der Waals surface area (Å²) in [7, 11) is 1.43. The van der Waals surface area contributed by atoms with E-state index in [1.54, 1.807) is 18.2 Å². The minimum absolute atomic E-state index is 0.209. The molecule has 0 bridgehead atoms. The molecule has 0 aliphatic heterocycles. The molecule has 0 aliphatic carbocycles. The predicted octanol–water partition coefficient (Wildman–Crippen LogP) is 3.86. The minimum atomic E-state index is -0.561. The van der Waals surface area contributed by atoms with Crippen LogP contribution in [0.1, 0.15) is 30.6 Å². The van der Waals surface area contributed by atoms with E-state index in [0.29, 0.717) is 17.7 Å². The average molecular weight is 290 g/mol. The molecule has 2 aromatic rings. The zero-order chi connectivity index (χ0) is 15.2. The highest BCUT2D eigenvalue weighted by Gasteiger charge is 2.11. The van der Waals surface area contributed by atoms with Crippen LogP contribution >= 0.6 is 0 Å². The molecule has 0 amide bonds. The van der Waals surface area contributed by atoms with Crippen molar-refractivity contribution in [2.75, 3.05) is 7.11 Å². The van der Waals surface area contributed by atoms with E-state index in [-0.39, 0.29) is 12.4 Å². The number of methoxy groups -OCH3 is 1. The second kappa shape index (κ2) is 7.09. The van der Waals surface area contributed by atoms with Crippen molar-refractivity contribution in [1.82, 2.24) is 0 Å². The summed E-state index contributed by atoms with van der Waals surface area (Å²) in [5.74, 6) is 0.407. The second-order valence-corrected chi connectivity index (χ2v) is 4.72. The van der Waals surface area contributed by atoms with Crippen LogP contribution in [0.3, 0.4) is 0 Å². The van der Waals surface area contributed by atoms with Crippen molar-refractivity contribution < 1.29 is 19.0 Å². The first-order chi connectivity index (χ1) is 10.2. The van der Waals surface area contributed by atoms with Gasteiger partial charge in [0.15, 0.2) is 11.6 Å².